The third kappa shape index (κ3) is 2.45. The number of carbonyl (C=O) groups excluding carboxylic acids is 2. The average Bonchev–Trinajstić information content (AvgIpc) is 2.94. The van der Waals surface area contributed by atoms with E-state index in [0.29, 0.717) is 10.7 Å². The highest BCUT2D eigenvalue weighted by molar-refractivity contribution is 7.90. The van der Waals surface area contributed by atoms with Gasteiger partial charge in [0.1, 0.15) is 11.4 Å². The molecule has 0 saturated heterocycles. The van der Waals surface area contributed by atoms with Crippen LogP contribution in [0.15, 0.2) is 53.4 Å². The minimum Gasteiger partial charge on any atom is -0.307 e. The number of para-hydroxylation sites is 2. The number of hydrogen-bond acceptors (Lipinski definition) is 4. The number of nitrogens with zero attached hydrogens (tertiary/aromatic N) is 2. The molecule has 0 fully saturated rings. The zero-order valence-corrected chi connectivity index (χ0v) is 14.9. The fourth-order valence-corrected chi connectivity index (χ4v) is 4.93. The third-order valence-corrected chi connectivity index (χ3v) is 6.47. The zero-order chi connectivity index (χ0) is 18.5. The molecule has 8 heteroatoms. The second kappa shape index (κ2) is 5.84. The predicted octanol–water partition coefficient (Wildman–Crippen LogP) is 2.20. The normalized spacial score (nSPS) is 20.3. The summed E-state index contributed by atoms with van der Waals surface area (Å²) in [5.74, 6) is -0.430. The maximum Gasteiger partial charge on any atom is 0.336 e. The first-order chi connectivity index (χ1) is 12.4. The first kappa shape index (κ1) is 16.6. The Morgan fingerprint density at radius 3 is 2.65 bits per heavy atom. The molecule has 2 aromatic rings. The number of carbonyl (C=O) groups is 2. The van der Waals surface area contributed by atoms with Crippen LogP contribution in [0.3, 0.4) is 0 Å². The Morgan fingerprint density at radius 1 is 1.15 bits per heavy atom. The number of amides is 3. The summed E-state index contributed by atoms with van der Waals surface area (Å²) in [6.07, 6.45) is 0.698. The minimum absolute atomic E-state index is 0.0118. The molecular formula is C18H17N3O4S. The Morgan fingerprint density at radius 2 is 1.85 bits per heavy atom. The lowest BCUT2D eigenvalue weighted by Gasteiger charge is -2.30. The maximum absolute atomic E-state index is 12.9. The number of urea groups is 1. The van der Waals surface area contributed by atoms with Crippen LogP contribution < -0.4 is 10.2 Å². The van der Waals surface area contributed by atoms with Gasteiger partial charge in [0.05, 0.1) is 5.69 Å². The van der Waals surface area contributed by atoms with Gasteiger partial charge in [0, 0.05) is 11.7 Å². The predicted molar refractivity (Wildman–Crippen MR) is 96.4 cm³/mol. The van der Waals surface area contributed by atoms with Gasteiger partial charge >= 0.3 is 6.03 Å². The molecule has 1 unspecified atom stereocenters. The van der Waals surface area contributed by atoms with E-state index >= 15 is 0 Å². The second-order valence-electron chi connectivity index (χ2n) is 6.38. The van der Waals surface area contributed by atoms with Gasteiger partial charge < -0.3 is 10.2 Å². The van der Waals surface area contributed by atoms with Crippen molar-refractivity contribution in [2.75, 3.05) is 16.8 Å². The number of fused-ring (bicyclic) bond motifs is 2. The van der Waals surface area contributed by atoms with Crippen LogP contribution in [0.5, 0.6) is 0 Å². The Labute approximate surface area is 151 Å². The van der Waals surface area contributed by atoms with Gasteiger partial charge in [-0.05, 0) is 37.1 Å². The molecule has 2 heterocycles. The molecule has 26 heavy (non-hydrogen) atoms. The van der Waals surface area contributed by atoms with Gasteiger partial charge in [0.25, 0.3) is 10.0 Å². The van der Waals surface area contributed by atoms with Crippen LogP contribution in [0.1, 0.15) is 12.5 Å². The summed E-state index contributed by atoms with van der Waals surface area (Å²) in [6, 6.07) is 12.7. The molecule has 2 aliphatic heterocycles. The van der Waals surface area contributed by atoms with E-state index in [0.717, 1.165) is 11.3 Å². The molecule has 4 rings (SSSR count). The monoisotopic (exact) mass is 371 g/mol. The third-order valence-electron chi connectivity index (χ3n) is 4.68. The van der Waals surface area contributed by atoms with E-state index in [1.807, 2.05) is 31.2 Å². The van der Waals surface area contributed by atoms with Crippen molar-refractivity contribution in [3.8, 4) is 0 Å². The lowest BCUT2D eigenvalue weighted by Crippen LogP contribution is -2.50. The molecular weight excluding hydrogens is 354 g/mol. The number of anilines is 2. The van der Waals surface area contributed by atoms with Crippen molar-refractivity contribution < 1.29 is 18.0 Å². The zero-order valence-electron chi connectivity index (χ0n) is 14.0. The lowest BCUT2D eigenvalue weighted by atomic mass is 10.1. The molecule has 1 atom stereocenters. The lowest BCUT2D eigenvalue weighted by molar-refractivity contribution is -0.118. The number of benzene rings is 2. The Hall–Kier alpha value is -2.87. The Balaban J connectivity index is 1.66. The molecule has 2 aliphatic rings. The van der Waals surface area contributed by atoms with E-state index in [-0.39, 0.29) is 16.6 Å². The number of rotatable bonds is 2. The van der Waals surface area contributed by atoms with Gasteiger partial charge in [0.15, 0.2) is 0 Å². The fourth-order valence-electron chi connectivity index (χ4n) is 3.50. The summed E-state index contributed by atoms with van der Waals surface area (Å²) in [4.78, 5) is 26.7. The summed E-state index contributed by atoms with van der Waals surface area (Å²) in [7, 11) is -4.08. The summed E-state index contributed by atoms with van der Waals surface area (Å²) in [5, 5.41) is 2.53. The van der Waals surface area contributed by atoms with E-state index in [4.69, 9.17) is 0 Å². The molecule has 0 saturated carbocycles. The quantitative estimate of drug-likeness (QED) is 0.877. The van der Waals surface area contributed by atoms with Crippen LogP contribution in [0.4, 0.5) is 16.2 Å². The first-order valence-corrected chi connectivity index (χ1v) is 9.66. The number of hydrogen-bond donors (Lipinski definition) is 1. The molecule has 2 aromatic carbocycles. The van der Waals surface area contributed by atoms with Gasteiger partial charge in [-0.1, -0.05) is 30.3 Å². The highest BCUT2D eigenvalue weighted by Crippen LogP contribution is 2.33. The van der Waals surface area contributed by atoms with Crippen LogP contribution in [-0.2, 0) is 21.2 Å². The minimum atomic E-state index is -4.08. The Kier molecular flexibility index (Phi) is 3.73. The molecule has 134 valence electrons. The molecule has 0 aliphatic carbocycles. The first-order valence-electron chi connectivity index (χ1n) is 8.22. The Bertz CT molecular complexity index is 1020. The largest absolute Gasteiger partial charge is 0.336 e. The topological polar surface area (TPSA) is 86.8 Å². The van der Waals surface area contributed by atoms with E-state index < -0.39 is 28.5 Å². The van der Waals surface area contributed by atoms with Gasteiger partial charge in [-0.15, -0.1) is 0 Å². The highest BCUT2D eigenvalue weighted by atomic mass is 32.2. The summed E-state index contributed by atoms with van der Waals surface area (Å²) in [6.45, 7) is 1.36. The number of sulfonamides is 1. The van der Waals surface area contributed by atoms with E-state index in [1.54, 1.807) is 17.0 Å². The molecule has 1 N–H and O–H groups in total. The van der Waals surface area contributed by atoms with Crippen molar-refractivity contribution in [2.45, 2.75) is 24.3 Å². The van der Waals surface area contributed by atoms with Gasteiger partial charge in [-0.25, -0.2) is 17.5 Å². The summed E-state index contributed by atoms with van der Waals surface area (Å²) >= 11 is 0. The number of nitrogens with one attached hydrogen (secondary N) is 1. The van der Waals surface area contributed by atoms with Crippen LogP contribution >= 0.6 is 0 Å². The maximum atomic E-state index is 12.9. The van der Waals surface area contributed by atoms with Crippen molar-refractivity contribution in [3.63, 3.8) is 0 Å². The van der Waals surface area contributed by atoms with Crippen LogP contribution in [0.2, 0.25) is 0 Å². The average molecular weight is 371 g/mol. The SMILES string of the molecule is CC1Cc2ccccc2N1C(=O)CN1C(=O)Nc2ccccc2S1(=O)=O. The van der Waals surface area contributed by atoms with Crippen LogP contribution in [-0.4, -0.2) is 37.2 Å². The van der Waals surface area contributed by atoms with Crippen molar-refractivity contribution >= 4 is 33.3 Å². The second-order valence-corrected chi connectivity index (χ2v) is 8.21. The van der Waals surface area contributed by atoms with Crippen molar-refractivity contribution in [1.29, 1.82) is 0 Å². The fraction of sp³-hybridized carbons (Fsp3) is 0.222. The van der Waals surface area contributed by atoms with E-state index in [9.17, 15) is 18.0 Å². The standard InChI is InChI=1S/C18H17N3O4S/c1-12-10-13-6-2-4-8-15(13)21(12)17(22)11-20-18(23)19-14-7-3-5-9-16(14)26(20,24)25/h2-9,12H,10-11H2,1H3,(H,19,23). The van der Waals surface area contributed by atoms with E-state index in [1.165, 1.54) is 12.1 Å². The van der Waals surface area contributed by atoms with Crippen molar-refractivity contribution in [2.24, 2.45) is 0 Å². The molecule has 0 spiro atoms. The molecule has 0 aromatic heterocycles. The van der Waals surface area contributed by atoms with E-state index in [2.05, 4.69) is 5.32 Å². The van der Waals surface area contributed by atoms with Gasteiger partial charge in [-0.3, -0.25) is 4.79 Å². The van der Waals surface area contributed by atoms with Crippen molar-refractivity contribution in [1.82, 2.24) is 4.31 Å². The molecule has 7 nitrogen and oxygen atoms in total. The van der Waals surface area contributed by atoms with Crippen LogP contribution in [0, 0.1) is 0 Å². The molecule has 3 amide bonds. The van der Waals surface area contributed by atoms with Gasteiger partial charge in [0.2, 0.25) is 5.91 Å². The molecule has 0 radical (unpaired) electrons. The van der Waals surface area contributed by atoms with Crippen LogP contribution in [0.25, 0.3) is 0 Å². The van der Waals surface area contributed by atoms with Gasteiger partial charge in [-0.2, -0.15) is 0 Å². The van der Waals surface area contributed by atoms with Crippen molar-refractivity contribution in [3.05, 3.63) is 54.1 Å². The summed E-state index contributed by atoms with van der Waals surface area (Å²) < 4.78 is 26.2. The smallest absolute Gasteiger partial charge is 0.307 e. The molecule has 0 bridgehead atoms. The highest BCUT2D eigenvalue weighted by Gasteiger charge is 2.40. The summed E-state index contributed by atoms with van der Waals surface area (Å²) in [5.41, 5.74) is 2.02.